The zero-order valence-electron chi connectivity index (χ0n) is 21.1. The van der Waals surface area contributed by atoms with Gasteiger partial charge in [-0.2, -0.15) is 0 Å². The summed E-state index contributed by atoms with van der Waals surface area (Å²) in [5, 5.41) is 2.48. The molecule has 0 fully saturated rings. The van der Waals surface area contributed by atoms with Gasteiger partial charge in [-0.05, 0) is 45.2 Å². The van der Waals surface area contributed by atoms with Gasteiger partial charge >= 0.3 is 0 Å². The van der Waals surface area contributed by atoms with Crippen LogP contribution in [0.5, 0.6) is 0 Å². The highest BCUT2D eigenvalue weighted by Gasteiger charge is 2.12. The molecule has 0 aliphatic carbocycles. The number of aromatic nitrogens is 4. The molecule has 0 radical (unpaired) electrons. The average molecular weight is 501 g/mol. The number of rotatable bonds is 5. The van der Waals surface area contributed by atoms with Gasteiger partial charge in [0.1, 0.15) is 5.69 Å². The van der Waals surface area contributed by atoms with Gasteiger partial charge in [-0.25, -0.2) is 15.0 Å². The molecule has 4 nitrogen and oxygen atoms in total. The number of hydrogen-bond donors (Lipinski definition) is 1. The number of imidazole rings is 1. The van der Waals surface area contributed by atoms with Crippen LogP contribution in [-0.4, -0.2) is 19.9 Å². The van der Waals surface area contributed by atoms with Gasteiger partial charge in [-0.15, -0.1) is 0 Å². The highest BCUT2D eigenvalue weighted by atomic mass is 15.0. The van der Waals surface area contributed by atoms with E-state index >= 15 is 0 Å². The molecular weight excluding hydrogens is 476 g/mol. The molecule has 4 heteroatoms. The molecule has 0 atom stereocenters. The molecule has 184 valence electrons. The lowest BCUT2D eigenvalue weighted by Gasteiger charge is -2.10. The second-order valence-corrected chi connectivity index (χ2v) is 9.51. The smallest absolute Gasteiger partial charge is 0.178 e. The van der Waals surface area contributed by atoms with Gasteiger partial charge in [0.25, 0.3) is 0 Å². The third-order valence-corrected chi connectivity index (χ3v) is 7.02. The van der Waals surface area contributed by atoms with Crippen molar-refractivity contribution in [2.45, 2.75) is 0 Å². The second kappa shape index (κ2) is 9.84. The van der Waals surface area contributed by atoms with Crippen molar-refractivity contribution in [1.82, 2.24) is 19.9 Å². The Morgan fingerprint density at radius 1 is 0.436 bits per heavy atom. The van der Waals surface area contributed by atoms with E-state index in [0.717, 1.165) is 28.2 Å². The van der Waals surface area contributed by atoms with Crippen molar-refractivity contribution in [2.24, 2.45) is 0 Å². The van der Waals surface area contributed by atoms with Crippen molar-refractivity contribution in [2.75, 3.05) is 0 Å². The minimum absolute atomic E-state index is 0.616. The fourth-order valence-electron chi connectivity index (χ4n) is 4.91. The van der Waals surface area contributed by atoms with Crippen molar-refractivity contribution >= 4 is 10.8 Å². The van der Waals surface area contributed by atoms with Gasteiger partial charge in [0.2, 0.25) is 0 Å². The zero-order valence-corrected chi connectivity index (χ0v) is 21.1. The molecule has 0 aliphatic rings. The Balaban J connectivity index is 1.26. The lowest BCUT2D eigenvalue weighted by atomic mass is 9.99. The Bertz CT molecular complexity index is 1870. The molecule has 0 aliphatic heterocycles. The maximum absolute atomic E-state index is 4.90. The van der Waals surface area contributed by atoms with Crippen LogP contribution in [-0.2, 0) is 0 Å². The number of hydrogen-bond acceptors (Lipinski definition) is 3. The first-order valence-electron chi connectivity index (χ1n) is 12.9. The number of aromatic amines is 1. The second-order valence-electron chi connectivity index (χ2n) is 9.51. The topological polar surface area (TPSA) is 54.5 Å². The van der Waals surface area contributed by atoms with Crippen LogP contribution in [0, 0.1) is 0 Å². The number of benzene rings is 5. The molecule has 0 amide bonds. The molecular formula is C35H24N4. The monoisotopic (exact) mass is 500 g/mol. The van der Waals surface area contributed by atoms with E-state index in [2.05, 4.69) is 131 Å². The highest BCUT2D eigenvalue weighted by molar-refractivity contribution is 5.87. The lowest BCUT2D eigenvalue weighted by molar-refractivity contribution is 1.16. The summed E-state index contributed by atoms with van der Waals surface area (Å²) in [6, 6.07) is 44.6. The highest BCUT2D eigenvalue weighted by Crippen LogP contribution is 2.31. The van der Waals surface area contributed by atoms with E-state index < -0.39 is 0 Å². The largest absolute Gasteiger partial charge is 0.342 e. The summed E-state index contributed by atoms with van der Waals surface area (Å²) in [7, 11) is 0. The van der Waals surface area contributed by atoms with Gasteiger partial charge in [0.05, 0.1) is 23.9 Å². The first kappa shape index (κ1) is 22.8. The predicted molar refractivity (Wildman–Crippen MR) is 159 cm³/mol. The molecule has 0 unspecified atom stereocenters. The molecule has 7 rings (SSSR count). The first-order valence-corrected chi connectivity index (χ1v) is 12.9. The molecule has 0 saturated heterocycles. The number of nitrogens with zero attached hydrogens (tertiary/aromatic N) is 3. The Labute approximate surface area is 226 Å². The summed E-state index contributed by atoms with van der Waals surface area (Å²) in [5.41, 5.74) is 9.31. The summed E-state index contributed by atoms with van der Waals surface area (Å²) in [5.74, 6) is 0.616. The van der Waals surface area contributed by atoms with E-state index in [0.29, 0.717) is 5.82 Å². The molecule has 2 heterocycles. The van der Waals surface area contributed by atoms with E-state index in [9.17, 15) is 0 Å². The minimum Gasteiger partial charge on any atom is -0.342 e. The summed E-state index contributed by atoms with van der Waals surface area (Å²) < 4.78 is 0. The average Bonchev–Trinajstić information content (AvgIpc) is 3.57. The Morgan fingerprint density at radius 2 is 0.974 bits per heavy atom. The van der Waals surface area contributed by atoms with Crippen LogP contribution in [0.3, 0.4) is 0 Å². The Kier molecular flexibility index (Phi) is 5.76. The van der Waals surface area contributed by atoms with Crippen LogP contribution in [0.2, 0.25) is 0 Å². The fourth-order valence-corrected chi connectivity index (χ4v) is 4.91. The standard InChI is InChI=1S/C35H24N4/c1-2-6-24(7-3-1)26-10-15-28(16-11-26)32-21-33(39-35(38-32)34-22-36-23-37-34)29-17-12-27(13-18-29)31-19-14-25-8-4-5-9-30(25)20-31/h1-23H,(H,36,37). The van der Waals surface area contributed by atoms with Crippen LogP contribution in [0.25, 0.3) is 67.1 Å². The quantitative estimate of drug-likeness (QED) is 0.257. The number of H-pyrrole nitrogens is 1. The maximum atomic E-state index is 4.90. The SMILES string of the molecule is c1ccc(-c2ccc(-c3cc(-c4ccc(-c5ccc6ccccc6c5)cc4)nc(-c4cnc[nH]4)n3)cc2)cc1. The molecule has 0 bridgehead atoms. The third-order valence-electron chi connectivity index (χ3n) is 7.02. The van der Waals surface area contributed by atoms with E-state index in [-0.39, 0.29) is 0 Å². The maximum Gasteiger partial charge on any atom is 0.178 e. The predicted octanol–water partition coefficient (Wildman–Crippen LogP) is 8.69. The fraction of sp³-hybridized carbons (Fsp3) is 0. The van der Waals surface area contributed by atoms with Crippen LogP contribution in [0.15, 0.2) is 140 Å². The molecule has 1 N–H and O–H groups in total. The molecule has 7 aromatic rings. The van der Waals surface area contributed by atoms with E-state index in [1.54, 1.807) is 12.5 Å². The number of fused-ring (bicyclic) bond motifs is 1. The first-order chi connectivity index (χ1) is 19.3. The summed E-state index contributed by atoms with van der Waals surface area (Å²) in [6.45, 7) is 0. The molecule has 2 aromatic heterocycles. The van der Waals surface area contributed by atoms with Gasteiger partial charge in [0, 0.05) is 11.1 Å². The minimum atomic E-state index is 0.616. The molecule has 0 spiro atoms. The van der Waals surface area contributed by atoms with Gasteiger partial charge in [-0.1, -0.05) is 115 Å². The summed E-state index contributed by atoms with van der Waals surface area (Å²) in [6.07, 6.45) is 3.41. The van der Waals surface area contributed by atoms with Crippen molar-refractivity contribution in [3.8, 4) is 56.3 Å². The van der Waals surface area contributed by atoms with Crippen molar-refractivity contribution < 1.29 is 0 Å². The van der Waals surface area contributed by atoms with Crippen molar-refractivity contribution in [3.63, 3.8) is 0 Å². The number of nitrogens with one attached hydrogen (secondary N) is 1. The molecule has 39 heavy (non-hydrogen) atoms. The molecule has 5 aromatic carbocycles. The molecule has 0 saturated carbocycles. The van der Waals surface area contributed by atoms with E-state index in [1.807, 2.05) is 6.07 Å². The normalized spacial score (nSPS) is 11.1. The van der Waals surface area contributed by atoms with Crippen LogP contribution in [0.4, 0.5) is 0 Å². The Morgan fingerprint density at radius 3 is 1.62 bits per heavy atom. The van der Waals surface area contributed by atoms with E-state index in [4.69, 9.17) is 9.97 Å². The summed E-state index contributed by atoms with van der Waals surface area (Å²) >= 11 is 0. The van der Waals surface area contributed by atoms with Crippen molar-refractivity contribution in [1.29, 1.82) is 0 Å². The van der Waals surface area contributed by atoms with Gasteiger partial charge < -0.3 is 4.98 Å². The summed E-state index contributed by atoms with van der Waals surface area (Å²) in [4.78, 5) is 17.1. The van der Waals surface area contributed by atoms with E-state index in [1.165, 1.54) is 33.0 Å². The van der Waals surface area contributed by atoms with Crippen LogP contribution >= 0.6 is 0 Å². The third kappa shape index (κ3) is 4.60. The lowest BCUT2D eigenvalue weighted by Crippen LogP contribution is -1.96. The van der Waals surface area contributed by atoms with Crippen molar-refractivity contribution in [3.05, 3.63) is 140 Å². The van der Waals surface area contributed by atoms with Gasteiger partial charge in [-0.3, -0.25) is 0 Å². The zero-order chi connectivity index (χ0) is 26.0. The van der Waals surface area contributed by atoms with Crippen LogP contribution < -0.4 is 0 Å². The van der Waals surface area contributed by atoms with Crippen LogP contribution in [0.1, 0.15) is 0 Å². The Hall–Kier alpha value is -5.35. The van der Waals surface area contributed by atoms with Gasteiger partial charge in [0.15, 0.2) is 5.82 Å².